The van der Waals surface area contributed by atoms with Crippen LogP contribution in [0.25, 0.3) is 11.4 Å². The second-order valence-corrected chi connectivity index (χ2v) is 5.39. The van der Waals surface area contributed by atoms with Crippen LogP contribution in [0.1, 0.15) is 18.2 Å². The first-order valence-electron chi connectivity index (χ1n) is 7.78. The van der Waals surface area contributed by atoms with Gasteiger partial charge in [0, 0.05) is 35.3 Å². The molecule has 2 heterocycles. The highest BCUT2D eigenvalue weighted by Gasteiger charge is 2.19. The Bertz CT molecular complexity index is 913. The van der Waals surface area contributed by atoms with Gasteiger partial charge in [0.2, 0.25) is 11.6 Å². The number of ether oxygens (including phenoxy) is 1. The summed E-state index contributed by atoms with van der Waals surface area (Å²) in [6, 6.07) is 10.2. The maximum Gasteiger partial charge on any atom is 0.314 e. The van der Waals surface area contributed by atoms with E-state index in [1.807, 2.05) is 6.92 Å². The van der Waals surface area contributed by atoms with Crippen LogP contribution in [0.4, 0.5) is 5.69 Å². The molecular weight excluding hydrogens is 320 g/mol. The fourth-order valence-corrected chi connectivity index (χ4v) is 2.40. The highest BCUT2D eigenvalue weighted by Crippen LogP contribution is 2.33. The number of nitro benzene ring substituents is 1. The lowest BCUT2D eigenvalue weighted by atomic mass is 10.2. The third-order valence-electron chi connectivity index (χ3n) is 3.65. The van der Waals surface area contributed by atoms with Gasteiger partial charge in [0.05, 0.1) is 4.92 Å². The number of para-hydroxylation sites is 1. The van der Waals surface area contributed by atoms with E-state index in [9.17, 15) is 10.1 Å². The smallest absolute Gasteiger partial charge is 0.314 e. The van der Waals surface area contributed by atoms with Crippen molar-refractivity contribution in [3.63, 3.8) is 0 Å². The molecule has 0 radical (unpaired) electrons. The Hall–Kier alpha value is -3.35. The standard InChI is InChI=1S/C18H16N4O3/c1-3-14-11-16(21-18(20-14)13-7-9-19-10-8-13)25-15-6-4-5-12(2)17(15)22(23)24/h4-11H,3H2,1-2H3. The van der Waals surface area contributed by atoms with Crippen molar-refractivity contribution in [1.82, 2.24) is 15.0 Å². The number of rotatable bonds is 5. The second-order valence-electron chi connectivity index (χ2n) is 5.39. The first-order valence-corrected chi connectivity index (χ1v) is 7.78. The lowest BCUT2D eigenvalue weighted by Gasteiger charge is -2.10. The Labute approximate surface area is 144 Å². The van der Waals surface area contributed by atoms with E-state index in [1.54, 1.807) is 55.7 Å². The predicted molar refractivity (Wildman–Crippen MR) is 92.5 cm³/mol. The van der Waals surface area contributed by atoms with Crippen molar-refractivity contribution >= 4 is 5.69 Å². The van der Waals surface area contributed by atoms with Crippen LogP contribution in [0.5, 0.6) is 11.6 Å². The van der Waals surface area contributed by atoms with Gasteiger partial charge in [-0.15, -0.1) is 0 Å². The summed E-state index contributed by atoms with van der Waals surface area (Å²) in [5, 5.41) is 11.3. The van der Waals surface area contributed by atoms with Crippen LogP contribution in [-0.4, -0.2) is 19.9 Å². The molecular formula is C18H16N4O3. The van der Waals surface area contributed by atoms with E-state index < -0.39 is 4.92 Å². The van der Waals surface area contributed by atoms with Crippen molar-refractivity contribution < 1.29 is 9.66 Å². The molecule has 3 rings (SSSR count). The Morgan fingerprint density at radius 3 is 2.60 bits per heavy atom. The summed E-state index contributed by atoms with van der Waals surface area (Å²) in [5.74, 6) is 0.922. The summed E-state index contributed by atoms with van der Waals surface area (Å²) in [6.07, 6.45) is 4.00. The number of nitrogens with zero attached hydrogens (tertiary/aromatic N) is 4. The molecule has 0 aliphatic rings. The monoisotopic (exact) mass is 336 g/mol. The van der Waals surface area contributed by atoms with Crippen LogP contribution in [-0.2, 0) is 6.42 Å². The average molecular weight is 336 g/mol. The highest BCUT2D eigenvalue weighted by atomic mass is 16.6. The van der Waals surface area contributed by atoms with Crippen LogP contribution in [0.3, 0.4) is 0 Å². The highest BCUT2D eigenvalue weighted by molar-refractivity contribution is 5.56. The topological polar surface area (TPSA) is 91.0 Å². The molecule has 126 valence electrons. The van der Waals surface area contributed by atoms with Crippen molar-refractivity contribution in [2.24, 2.45) is 0 Å². The molecule has 0 amide bonds. The molecule has 0 atom stereocenters. The number of hydrogen-bond acceptors (Lipinski definition) is 6. The van der Waals surface area contributed by atoms with E-state index >= 15 is 0 Å². The van der Waals surface area contributed by atoms with Crippen molar-refractivity contribution in [2.45, 2.75) is 20.3 Å². The molecule has 0 N–H and O–H groups in total. The molecule has 2 aromatic heterocycles. The van der Waals surface area contributed by atoms with Crippen LogP contribution in [0.15, 0.2) is 48.8 Å². The number of pyridine rings is 1. The van der Waals surface area contributed by atoms with Crippen molar-refractivity contribution in [1.29, 1.82) is 0 Å². The van der Waals surface area contributed by atoms with Gasteiger partial charge in [0.1, 0.15) is 0 Å². The molecule has 25 heavy (non-hydrogen) atoms. The molecule has 0 fully saturated rings. The van der Waals surface area contributed by atoms with E-state index in [0.717, 1.165) is 11.3 Å². The molecule has 0 saturated heterocycles. The Kier molecular flexibility index (Phi) is 4.65. The molecule has 0 unspecified atom stereocenters. The zero-order valence-corrected chi connectivity index (χ0v) is 13.8. The summed E-state index contributed by atoms with van der Waals surface area (Å²) in [7, 11) is 0. The van der Waals surface area contributed by atoms with E-state index in [0.29, 0.717) is 17.8 Å². The number of benzene rings is 1. The summed E-state index contributed by atoms with van der Waals surface area (Å²) in [6.45, 7) is 3.64. The zero-order chi connectivity index (χ0) is 17.8. The van der Waals surface area contributed by atoms with E-state index in [4.69, 9.17) is 4.74 Å². The zero-order valence-electron chi connectivity index (χ0n) is 13.8. The molecule has 0 aliphatic heterocycles. The molecule has 0 saturated carbocycles. The number of hydrogen-bond donors (Lipinski definition) is 0. The SMILES string of the molecule is CCc1cc(Oc2cccc(C)c2[N+](=O)[O-])nc(-c2ccncc2)n1. The van der Waals surface area contributed by atoms with Crippen molar-refractivity contribution in [3.8, 4) is 23.0 Å². The number of aromatic nitrogens is 3. The third-order valence-corrected chi connectivity index (χ3v) is 3.65. The minimum Gasteiger partial charge on any atom is -0.432 e. The Morgan fingerprint density at radius 2 is 1.92 bits per heavy atom. The van der Waals surface area contributed by atoms with Gasteiger partial charge in [-0.3, -0.25) is 15.1 Å². The molecule has 0 bridgehead atoms. The Balaban J connectivity index is 2.04. The molecule has 3 aromatic rings. The van der Waals surface area contributed by atoms with Gasteiger partial charge in [-0.2, -0.15) is 4.98 Å². The average Bonchev–Trinajstić information content (AvgIpc) is 2.62. The van der Waals surface area contributed by atoms with Gasteiger partial charge in [-0.05, 0) is 31.5 Å². The quantitative estimate of drug-likeness (QED) is 0.514. The van der Waals surface area contributed by atoms with Gasteiger partial charge in [-0.1, -0.05) is 19.1 Å². The normalized spacial score (nSPS) is 10.5. The van der Waals surface area contributed by atoms with Gasteiger partial charge >= 0.3 is 5.69 Å². The largest absolute Gasteiger partial charge is 0.432 e. The first-order chi connectivity index (χ1) is 12.1. The lowest BCUT2D eigenvalue weighted by Crippen LogP contribution is -2.00. The summed E-state index contributed by atoms with van der Waals surface area (Å²) in [5.41, 5.74) is 2.05. The summed E-state index contributed by atoms with van der Waals surface area (Å²) < 4.78 is 5.75. The maximum absolute atomic E-state index is 11.3. The van der Waals surface area contributed by atoms with E-state index in [2.05, 4.69) is 15.0 Å². The molecule has 0 aliphatic carbocycles. The Morgan fingerprint density at radius 1 is 1.16 bits per heavy atom. The predicted octanol–water partition coefficient (Wildman–Crippen LogP) is 4.11. The van der Waals surface area contributed by atoms with E-state index in [1.165, 1.54) is 0 Å². The number of nitro groups is 1. The van der Waals surface area contributed by atoms with Crippen LogP contribution < -0.4 is 4.74 Å². The number of aryl methyl sites for hydroxylation is 2. The van der Waals surface area contributed by atoms with Gasteiger partial charge in [0.25, 0.3) is 0 Å². The van der Waals surface area contributed by atoms with Crippen molar-refractivity contribution in [2.75, 3.05) is 0 Å². The van der Waals surface area contributed by atoms with Gasteiger partial charge in [-0.25, -0.2) is 4.98 Å². The van der Waals surface area contributed by atoms with Crippen LogP contribution in [0, 0.1) is 17.0 Å². The molecule has 7 nitrogen and oxygen atoms in total. The van der Waals surface area contributed by atoms with Gasteiger partial charge < -0.3 is 4.74 Å². The second kappa shape index (κ2) is 7.04. The van der Waals surface area contributed by atoms with Crippen LogP contribution >= 0.6 is 0 Å². The molecule has 7 heteroatoms. The van der Waals surface area contributed by atoms with Crippen molar-refractivity contribution in [3.05, 3.63) is 70.2 Å². The minimum absolute atomic E-state index is 0.0652. The van der Waals surface area contributed by atoms with Crippen LogP contribution in [0.2, 0.25) is 0 Å². The fraction of sp³-hybridized carbons (Fsp3) is 0.167. The minimum atomic E-state index is -0.448. The summed E-state index contributed by atoms with van der Waals surface area (Å²) >= 11 is 0. The third kappa shape index (κ3) is 3.60. The van der Waals surface area contributed by atoms with Gasteiger partial charge in [0.15, 0.2) is 5.82 Å². The first kappa shape index (κ1) is 16.5. The molecule has 0 spiro atoms. The fourth-order valence-electron chi connectivity index (χ4n) is 2.40. The molecule has 1 aromatic carbocycles. The van der Waals surface area contributed by atoms with E-state index in [-0.39, 0.29) is 17.3 Å². The summed E-state index contributed by atoms with van der Waals surface area (Å²) in [4.78, 5) is 23.7. The maximum atomic E-state index is 11.3. The lowest BCUT2D eigenvalue weighted by molar-refractivity contribution is -0.386.